The maximum Gasteiger partial charge on any atom is 0.416 e. The van der Waals surface area contributed by atoms with E-state index in [0.29, 0.717) is 11.9 Å². The predicted molar refractivity (Wildman–Crippen MR) is 96.0 cm³/mol. The minimum Gasteiger partial charge on any atom is -0.323 e. The van der Waals surface area contributed by atoms with Gasteiger partial charge in [0.2, 0.25) is 0 Å². The molecule has 1 aliphatic carbocycles. The van der Waals surface area contributed by atoms with Crippen molar-refractivity contribution in [2.24, 2.45) is 5.73 Å². The van der Waals surface area contributed by atoms with E-state index in [1.54, 1.807) is 23.3 Å². The van der Waals surface area contributed by atoms with Crippen LogP contribution in [0.2, 0.25) is 0 Å². The molecule has 4 rings (SSSR count). The second kappa shape index (κ2) is 7.06. The summed E-state index contributed by atoms with van der Waals surface area (Å²) in [5, 5.41) is 1.80. The molecule has 0 bridgehead atoms. The van der Waals surface area contributed by atoms with Crippen molar-refractivity contribution in [2.75, 3.05) is 5.01 Å². The molecule has 2 aromatic rings. The van der Waals surface area contributed by atoms with Gasteiger partial charge in [-0.15, -0.1) is 5.53 Å². The van der Waals surface area contributed by atoms with Crippen LogP contribution < -0.4 is 21.7 Å². The Morgan fingerprint density at radius 1 is 1.18 bits per heavy atom. The average Bonchev–Trinajstić information content (AvgIpc) is 3.06. The summed E-state index contributed by atoms with van der Waals surface area (Å²) in [5.74, 6) is -0.313. The van der Waals surface area contributed by atoms with Gasteiger partial charge in [-0.2, -0.15) is 13.2 Å². The van der Waals surface area contributed by atoms with Gasteiger partial charge in [-0.1, -0.05) is 0 Å². The highest BCUT2D eigenvalue weighted by molar-refractivity contribution is 5.51. The Morgan fingerprint density at radius 2 is 2.00 bits per heavy atom. The van der Waals surface area contributed by atoms with Crippen LogP contribution in [0.3, 0.4) is 0 Å². The van der Waals surface area contributed by atoms with Crippen LogP contribution in [0.15, 0.2) is 47.9 Å². The number of rotatable bonds is 3. The Kier molecular flexibility index (Phi) is 4.72. The molecule has 9 heteroatoms. The molecule has 0 saturated carbocycles. The third kappa shape index (κ3) is 3.67. The molecule has 0 fully saturated rings. The van der Waals surface area contributed by atoms with Gasteiger partial charge in [0.25, 0.3) is 0 Å². The zero-order valence-electron chi connectivity index (χ0n) is 14.9. The van der Waals surface area contributed by atoms with E-state index in [-0.39, 0.29) is 18.0 Å². The van der Waals surface area contributed by atoms with E-state index in [2.05, 4.69) is 15.9 Å². The third-order valence-corrected chi connectivity index (χ3v) is 4.91. The fourth-order valence-electron chi connectivity index (χ4n) is 3.60. The van der Waals surface area contributed by atoms with Crippen LogP contribution in [0, 0.1) is 5.82 Å². The second-order valence-corrected chi connectivity index (χ2v) is 6.98. The zero-order chi connectivity index (χ0) is 19.9. The minimum absolute atomic E-state index is 0.0717. The first-order chi connectivity index (χ1) is 13.3. The molecule has 1 aromatic carbocycles. The fraction of sp³-hybridized carbons (Fsp3) is 0.316. The first-order valence-electron chi connectivity index (χ1n) is 8.93. The maximum atomic E-state index is 13.7. The molecular formula is C19H19F4N5. The number of alkyl halides is 3. The van der Waals surface area contributed by atoms with Gasteiger partial charge in [-0.3, -0.25) is 0 Å². The van der Waals surface area contributed by atoms with E-state index in [1.807, 2.05) is 0 Å². The summed E-state index contributed by atoms with van der Waals surface area (Å²) in [7, 11) is 0. The Hall–Kier alpha value is -2.65. The monoisotopic (exact) mass is 393 g/mol. The number of nitrogens with one attached hydrogen (secondary N) is 2. The van der Waals surface area contributed by atoms with Crippen molar-refractivity contribution < 1.29 is 17.6 Å². The van der Waals surface area contributed by atoms with Crippen LogP contribution >= 0.6 is 0 Å². The SMILES string of the molecule is N[C@H]1CCCC2=C1NNN2c1cc(Cc2cc(F)cc(C(F)(F)F)c2)ccn1. The first-order valence-corrected chi connectivity index (χ1v) is 8.93. The van der Waals surface area contributed by atoms with Crippen molar-refractivity contribution in [3.63, 3.8) is 0 Å². The molecule has 2 aliphatic rings. The number of anilines is 1. The van der Waals surface area contributed by atoms with Crippen molar-refractivity contribution >= 4 is 5.82 Å². The fourth-order valence-corrected chi connectivity index (χ4v) is 3.60. The van der Waals surface area contributed by atoms with Crippen LogP contribution in [0.5, 0.6) is 0 Å². The van der Waals surface area contributed by atoms with Crippen LogP contribution in [0.1, 0.15) is 36.0 Å². The molecule has 1 aromatic heterocycles. The molecule has 2 heterocycles. The predicted octanol–water partition coefficient (Wildman–Crippen LogP) is 3.38. The van der Waals surface area contributed by atoms with Crippen molar-refractivity contribution in [3.05, 3.63) is 70.4 Å². The topological polar surface area (TPSA) is 66.2 Å². The van der Waals surface area contributed by atoms with Gasteiger partial charge in [-0.05, 0) is 67.1 Å². The molecule has 1 atom stereocenters. The number of nitrogens with zero attached hydrogens (tertiary/aromatic N) is 2. The number of hydrogen-bond acceptors (Lipinski definition) is 5. The van der Waals surface area contributed by atoms with Crippen molar-refractivity contribution in [3.8, 4) is 0 Å². The van der Waals surface area contributed by atoms with E-state index >= 15 is 0 Å². The summed E-state index contributed by atoms with van der Waals surface area (Å²) in [6.07, 6.45) is -0.151. The number of hydrazine groups is 2. The molecule has 0 amide bonds. The number of hydrogen-bond donors (Lipinski definition) is 3. The Morgan fingerprint density at radius 3 is 2.79 bits per heavy atom. The number of nitrogens with two attached hydrogens (primary N) is 1. The van der Waals surface area contributed by atoms with E-state index in [1.165, 1.54) is 0 Å². The summed E-state index contributed by atoms with van der Waals surface area (Å²) in [5.41, 5.74) is 14.1. The number of allylic oxidation sites excluding steroid dienone is 1. The van der Waals surface area contributed by atoms with E-state index in [4.69, 9.17) is 5.73 Å². The standard InChI is InChI=1S/C19H19F4N5/c20-14-8-12(7-13(10-14)19(21,22)23)6-11-4-5-25-17(9-11)28-16-3-1-2-15(24)18(16)26-27-28/h4-5,7-10,15,26-27H,1-3,6,24H2/t15-/m0/s1. The Labute approximate surface area is 159 Å². The molecule has 4 N–H and O–H groups in total. The summed E-state index contributed by atoms with van der Waals surface area (Å²) >= 11 is 0. The van der Waals surface area contributed by atoms with E-state index in [9.17, 15) is 17.6 Å². The Balaban J connectivity index is 1.60. The lowest BCUT2D eigenvalue weighted by Gasteiger charge is -2.23. The summed E-state index contributed by atoms with van der Waals surface area (Å²) in [6.45, 7) is 0. The van der Waals surface area contributed by atoms with Gasteiger partial charge in [0.05, 0.1) is 17.0 Å². The van der Waals surface area contributed by atoms with Gasteiger partial charge in [0, 0.05) is 12.2 Å². The van der Waals surface area contributed by atoms with E-state index in [0.717, 1.165) is 48.4 Å². The highest BCUT2D eigenvalue weighted by atomic mass is 19.4. The highest BCUT2D eigenvalue weighted by Crippen LogP contribution is 2.32. The summed E-state index contributed by atoms with van der Waals surface area (Å²) < 4.78 is 52.4. The number of aromatic nitrogens is 1. The normalized spacial score (nSPS) is 19.6. The van der Waals surface area contributed by atoms with Gasteiger partial charge in [0.15, 0.2) is 0 Å². The van der Waals surface area contributed by atoms with E-state index < -0.39 is 17.6 Å². The quantitative estimate of drug-likeness (QED) is 0.698. The van der Waals surface area contributed by atoms with Crippen molar-refractivity contribution in [1.82, 2.24) is 15.9 Å². The van der Waals surface area contributed by atoms with Crippen molar-refractivity contribution in [1.29, 1.82) is 0 Å². The second-order valence-electron chi connectivity index (χ2n) is 6.98. The molecule has 1 aliphatic heterocycles. The third-order valence-electron chi connectivity index (χ3n) is 4.91. The smallest absolute Gasteiger partial charge is 0.323 e. The van der Waals surface area contributed by atoms with Crippen LogP contribution in [0.4, 0.5) is 23.4 Å². The molecular weight excluding hydrogens is 374 g/mol. The van der Waals surface area contributed by atoms with Crippen LogP contribution in [0.25, 0.3) is 0 Å². The summed E-state index contributed by atoms with van der Waals surface area (Å²) in [6, 6.07) is 5.99. The summed E-state index contributed by atoms with van der Waals surface area (Å²) in [4.78, 5) is 4.35. The van der Waals surface area contributed by atoms with Gasteiger partial charge < -0.3 is 11.2 Å². The van der Waals surface area contributed by atoms with Crippen LogP contribution in [-0.4, -0.2) is 11.0 Å². The molecule has 0 spiro atoms. The number of benzene rings is 1. The maximum absolute atomic E-state index is 13.7. The van der Waals surface area contributed by atoms with Crippen molar-refractivity contribution in [2.45, 2.75) is 37.9 Å². The lowest BCUT2D eigenvalue weighted by molar-refractivity contribution is -0.137. The molecule has 0 unspecified atom stereocenters. The Bertz CT molecular complexity index is 925. The molecule has 0 radical (unpaired) electrons. The average molecular weight is 393 g/mol. The van der Waals surface area contributed by atoms with Crippen LogP contribution in [-0.2, 0) is 12.6 Å². The van der Waals surface area contributed by atoms with Gasteiger partial charge in [0.1, 0.15) is 11.6 Å². The lowest BCUT2D eigenvalue weighted by Crippen LogP contribution is -2.39. The highest BCUT2D eigenvalue weighted by Gasteiger charge is 2.32. The molecule has 28 heavy (non-hydrogen) atoms. The lowest BCUT2D eigenvalue weighted by atomic mass is 9.97. The zero-order valence-corrected chi connectivity index (χ0v) is 14.9. The largest absolute Gasteiger partial charge is 0.416 e. The number of halogens is 4. The molecule has 148 valence electrons. The van der Waals surface area contributed by atoms with Gasteiger partial charge in [-0.25, -0.2) is 14.4 Å². The first kappa shape index (κ1) is 18.7. The molecule has 0 saturated heterocycles. The van der Waals surface area contributed by atoms with Gasteiger partial charge >= 0.3 is 6.18 Å². The number of pyridine rings is 1. The molecule has 5 nitrogen and oxygen atoms in total. The minimum atomic E-state index is -4.59.